The molecular formula is C25H27N3O7. The molecule has 10 heteroatoms. The fraction of sp³-hybridized carbons (Fsp3) is 0.400. The molecule has 10 nitrogen and oxygen atoms in total. The number of amides is 1. The van der Waals surface area contributed by atoms with Crippen molar-refractivity contribution >= 4 is 23.2 Å². The maximum absolute atomic E-state index is 13.7. The lowest BCUT2D eigenvalue weighted by atomic mass is 9.57. The van der Waals surface area contributed by atoms with Gasteiger partial charge in [0.05, 0.1) is 18.2 Å². The van der Waals surface area contributed by atoms with Gasteiger partial charge < -0.3 is 31.5 Å². The molecule has 1 fully saturated rings. The first kappa shape index (κ1) is 24.5. The van der Waals surface area contributed by atoms with Crippen LogP contribution in [0.15, 0.2) is 29.0 Å². The molecule has 0 aromatic heterocycles. The van der Waals surface area contributed by atoms with E-state index in [0.29, 0.717) is 17.7 Å². The molecule has 1 aromatic rings. The molecule has 3 aliphatic carbocycles. The lowest BCUT2D eigenvalue weighted by molar-refractivity contribution is -0.153. The number of nitrogens with one attached hydrogen (secondary N) is 1. The van der Waals surface area contributed by atoms with Crippen molar-refractivity contribution in [2.45, 2.75) is 24.5 Å². The predicted octanol–water partition coefficient (Wildman–Crippen LogP) is -0.465. The van der Waals surface area contributed by atoms with Crippen LogP contribution in [0.5, 0.6) is 5.75 Å². The van der Waals surface area contributed by atoms with Crippen molar-refractivity contribution in [1.29, 1.82) is 0 Å². The Hall–Kier alpha value is -3.65. The van der Waals surface area contributed by atoms with E-state index in [9.17, 15) is 34.8 Å². The van der Waals surface area contributed by atoms with Gasteiger partial charge in [-0.25, -0.2) is 0 Å². The number of benzene rings is 1. The number of nitrogens with two attached hydrogens (primary N) is 1. The Labute approximate surface area is 201 Å². The molecule has 0 bridgehead atoms. The summed E-state index contributed by atoms with van der Waals surface area (Å²) >= 11 is 0. The number of rotatable bonds is 3. The molecule has 4 rings (SSSR count). The van der Waals surface area contributed by atoms with Gasteiger partial charge in [-0.2, -0.15) is 0 Å². The van der Waals surface area contributed by atoms with E-state index in [1.165, 1.54) is 11.0 Å². The van der Waals surface area contributed by atoms with Crippen molar-refractivity contribution in [2.24, 2.45) is 17.6 Å². The van der Waals surface area contributed by atoms with Gasteiger partial charge in [-0.15, -0.1) is 0 Å². The van der Waals surface area contributed by atoms with Crippen molar-refractivity contribution in [2.75, 3.05) is 27.7 Å². The minimum atomic E-state index is -2.65. The number of likely N-dealkylation sites (N-methyl/N-ethyl adjacent to an activating group) is 1. The summed E-state index contributed by atoms with van der Waals surface area (Å²) in [5.41, 5.74) is 2.77. The molecule has 0 heterocycles. The molecule has 0 spiro atoms. The van der Waals surface area contributed by atoms with E-state index in [-0.39, 0.29) is 29.7 Å². The monoisotopic (exact) mass is 481 g/mol. The Morgan fingerprint density at radius 1 is 1.26 bits per heavy atom. The van der Waals surface area contributed by atoms with Gasteiger partial charge in [-0.3, -0.25) is 19.3 Å². The van der Waals surface area contributed by atoms with Gasteiger partial charge in [0.15, 0.2) is 11.4 Å². The van der Waals surface area contributed by atoms with Crippen LogP contribution in [0.2, 0.25) is 0 Å². The molecule has 4 atom stereocenters. The van der Waals surface area contributed by atoms with Crippen LogP contribution in [0, 0.1) is 23.7 Å². The predicted molar refractivity (Wildman–Crippen MR) is 125 cm³/mol. The summed E-state index contributed by atoms with van der Waals surface area (Å²) in [6.45, 7) is 0.417. The molecule has 0 aliphatic heterocycles. The van der Waals surface area contributed by atoms with Gasteiger partial charge in [0.1, 0.15) is 22.8 Å². The van der Waals surface area contributed by atoms with Crippen molar-refractivity contribution in [1.82, 2.24) is 10.2 Å². The summed E-state index contributed by atoms with van der Waals surface area (Å²) < 4.78 is 0. The first-order valence-corrected chi connectivity index (χ1v) is 11.1. The normalized spacial score (nSPS) is 27.7. The Bertz CT molecular complexity index is 1280. The maximum Gasteiger partial charge on any atom is 0.255 e. The average Bonchev–Trinajstić information content (AvgIpc) is 2.77. The number of primary amides is 1. The summed E-state index contributed by atoms with van der Waals surface area (Å²) in [6.07, 6.45) is 0.233. The zero-order chi connectivity index (χ0) is 25.8. The fourth-order valence-electron chi connectivity index (χ4n) is 5.59. The van der Waals surface area contributed by atoms with Crippen LogP contribution in [-0.2, 0) is 20.8 Å². The highest BCUT2D eigenvalue weighted by molar-refractivity contribution is 6.24. The Kier molecular flexibility index (Phi) is 5.97. The van der Waals surface area contributed by atoms with Crippen LogP contribution in [0.1, 0.15) is 23.1 Å². The second-order valence-electron chi connectivity index (χ2n) is 9.28. The number of hydrogen-bond donors (Lipinski definition) is 6. The number of phenols is 1. The van der Waals surface area contributed by atoms with Crippen LogP contribution in [0.3, 0.4) is 0 Å². The number of carbonyl (C=O) groups excluding carboxylic acids is 3. The molecule has 184 valence electrons. The minimum Gasteiger partial charge on any atom is -0.508 e. The third kappa shape index (κ3) is 3.43. The smallest absolute Gasteiger partial charge is 0.255 e. The number of hydrogen-bond acceptors (Lipinski definition) is 9. The summed E-state index contributed by atoms with van der Waals surface area (Å²) in [6, 6.07) is 1.86. The van der Waals surface area contributed by atoms with E-state index in [1.54, 1.807) is 27.2 Å². The van der Waals surface area contributed by atoms with Crippen LogP contribution >= 0.6 is 0 Å². The highest BCUT2D eigenvalue weighted by Gasteiger charge is 2.64. The molecule has 1 aromatic carbocycles. The summed E-state index contributed by atoms with van der Waals surface area (Å²) in [7, 11) is 4.86. The highest BCUT2D eigenvalue weighted by atomic mass is 16.3. The van der Waals surface area contributed by atoms with Gasteiger partial charge in [0.2, 0.25) is 5.78 Å². The second-order valence-corrected chi connectivity index (χ2v) is 9.28. The van der Waals surface area contributed by atoms with Crippen LogP contribution < -0.4 is 11.1 Å². The summed E-state index contributed by atoms with van der Waals surface area (Å²) in [5, 5.41) is 47.0. The lowest BCUT2D eigenvalue weighted by Gasteiger charge is -2.50. The van der Waals surface area contributed by atoms with E-state index in [2.05, 4.69) is 17.2 Å². The minimum absolute atomic E-state index is 0.0255. The van der Waals surface area contributed by atoms with Crippen molar-refractivity contribution in [3.8, 4) is 17.6 Å². The largest absolute Gasteiger partial charge is 0.508 e. The van der Waals surface area contributed by atoms with Gasteiger partial charge in [0.25, 0.3) is 5.91 Å². The zero-order valence-corrected chi connectivity index (χ0v) is 19.5. The van der Waals surface area contributed by atoms with E-state index in [4.69, 9.17) is 5.73 Å². The number of phenolic OH excluding ortho intramolecular Hbond substituents is 1. The number of nitrogens with zero attached hydrogens (tertiary/aromatic N) is 1. The van der Waals surface area contributed by atoms with Gasteiger partial charge in [-0.05, 0) is 57.6 Å². The number of ketones is 2. The van der Waals surface area contributed by atoms with Crippen LogP contribution in [0.4, 0.5) is 0 Å². The SMILES string of the molecule is CNCC#Cc1ccc(O)c2c1C[C@H]1C[C@H]3[C@H](N(C)C)C(=O)C(C(N)=O)=C(O)[C@@]3(O)C(=O)C1=C2O. The first-order chi connectivity index (χ1) is 16.5. The Balaban J connectivity index is 1.95. The number of fused-ring (bicyclic) bond motifs is 3. The molecule has 3 aliphatic rings. The van der Waals surface area contributed by atoms with Crippen LogP contribution in [-0.4, -0.2) is 82.1 Å². The number of aromatic hydroxyl groups is 1. The van der Waals surface area contributed by atoms with Crippen molar-refractivity contribution in [3.63, 3.8) is 0 Å². The molecule has 0 unspecified atom stereocenters. The maximum atomic E-state index is 13.7. The van der Waals surface area contributed by atoms with Crippen molar-refractivity contribution in [3.05, 3.63) is 45.7 Å². The molecule has 0 radical (unpaired) electrons. The second kappa shape index (κ2) is 8.53. The van der Waals surface area contributed by atoms with E-state index in [1.807, 2.05) is 0 Å². The number of Topliss-reactive ketones (excluding diaryl/α,β-unsaturated/α-hetero) is 2. The van der Waals surface area contributed by atoms with Gasteiger partial charge >= 0.3 is 0 Å². The Morgan fingerprint density at radius 2 is 1.94 bits per heavy atom. The van der Waals surface area contributed by atoms with E-state index in [0.717, 1.165) is 0 Å². The van der Waals surface area contributed by atoms with Crippen molar-refractivity contribution < 1.29 is 34.8 Å². The lowest BCUT2D eigenvalue weighted by Crippen LogP contribution is -2.65. The molecule has 7 N–H and O–H groups in total. The summed E-state index contributed by atoms with van der Waals surface area (Å²) in [4.78, 5) is 40.3. The van der Waals surface area contributed by atoms with Gasteiger partial charge in [-0.1, -0.05) is 11.8 Å². The molecular weight excluding hydrogens is 454 g/mol. The molecule has 35 heavy (non-hydrogen) atoms. The first-order valence-electron chi connectivity index (χ1n) is 11.1. The number of carbonyl (C=O) groups is 3. The standard InChI is InChI=1S/C25H27N3O7/c1-27-8-4-5-11-6-7-15(29)17-13(11)9-12-10-14-19(28(2)3)21(31)18(24(26)34)23(33)25(14,35)22(32)16(12)20(17)30/h6-7,12,14,19,27,29-30,33,35H,8-10H2,1-3H3,(H2,26,34)/t12-,14-,19-,25-/m0/s1. The topological polar surface area (TPSA) is 173 Å². The molecule has 1 saturated carbocycles. The third-order valence-corrected chi connectivity index (χ3v) is 7.09. The zero-order valence-electron chi connectivity index (χ0n) is 19.5. The average molecular weight is 482 g/mol. The number of aliphatic hydroxyl groups is 3. The molecule has 0 saturated heterocycles. The van der Waals surface area contributed by atoms with Gasteiger partial charge in [0, 0.05) is 17.1 Å². The number of aliphatic hydroxyl groups excluding tert-OH is 2. The Morgan fingerprint density at radius 3 is 2.54 bits per heavy atom. The van der Waals surface area contributed by atoms with E-state index < -0.39 is 58.0 Å². The van der Waals surface area contributed by atoms with Crippen LogP contribution in [0.25, 0.3) is 5.76 Å². The molecule has 1 amide bonds. The van der Waals surface area contributed by atoms with E-state index >= 15 is 0 Å². The summed E-state index contributed by atoms with van der Waals surface area (Å²) in [5.74, 6) is -0.815. The fourth-order valence-corrected chi connectivity index (χ4v) is 5.59. The highest BCUT2D eigenvalue weighted by Crippen LogP contribution is 2.52. The quantitative estimate of drug-likeness (QED) is 0.246. The third-order valence-electron chi connectivity index (χ3n) is 7.09.